The topological polar surface area (TPSA) is 77.2 Å². The largest absolute Gasteiger partial charge is 0.381 e. The van der Waals surface area contributed by atoms with E-state index in [2.05, 4.69) is 10.3 Å². The average molecular weight is 269 g/mol. The fraction of sp³-hybridized carbons (Fsp3) is 0.667. The standard InChI is InChI=1S/C12H19N3O2S/c1-8(9-2-4-17-5-3-9)14-12(16)10-7-18-11(6-13)15-10/h7-9H,2-6,13H2,1H3,(H,14,16). The van der Waals surface area contributed by atoms with Gasteiger partial charge in [-0.3, -0.25) is 4.79 Å². The van der Waals surface area contributed by atoms with Crippen LogP contribution in [-0.4, -0.2) is 30.1 Å². The van der Waals surface area contributed by atoms with Crippen LogP contribution >= 0.6 is 11.3 Å². The van der Waals surface area contributed by atoms with Gasteiger partial charge in [-0.05, 0) is 25.7 Å². The van der Waals surface area contributed by atoms with Crippen molar-refractivity contribution < 1.29 is 9.53 Å². The minimum atomic E-state index is -0.107. The normalized spacial score (nSPS) is 18.6. The summed E-state index contributed by atoms with van der Waals surface area (Å²) in [5.74, 6) is 0.389. The van der Waals surface area contributed by atoms with Gasteiger partial charge in [0, 0.05) is 31.2 Å². The quantitative estimate of drug-likeness (QED) is 0.859. The number of carbonyl (C=O) groups excluding carboxylic acids is 1. The van der Waals surface area contributed by atoms with Crippen LogP contribution in [0.3, 0.4) is 0 Å². The molecule has 0 aromatic carbocycles. The van der Waals surface area contributed by atoms with Crippen LogP contribution in [0.4, 0.5) is 0 Å². The highest BCUT2D eigenvalue weighted by Gasteiger charge is 2.22. The molecule has 1 aliphatic heterocycles. The third-order valence-electron chi connectivity index (χ3n) is 3.29. The summed E-state index contributed by atoms with van der Waals surface area (Å²) in [5.41, 5.74) is 5.96. The van der Waals surface area contributed by atoms with Crippen molar-refractivity contribution in [3.05, 3.63) is 16.1 Å². The average Bonchev–Trinajstić information content (AvgIpc) is 2.88. The molecule has 5 nitrogen and oxygen atoms in total. The Hall–Kier alpha value is -0.980. The molecular weight excluding hydrogens is 250 g/mol. The van der Waals surface area contributed by atoms with E-state index < -0.39 is 0 Å². The van der Waals surface area contributed by atoms with Crippen LogP contribution in [0, 0.1) is 5.92 Å². The zero-order chi connectivity index (χ0) is 13.0. The molecule has 18 heavy (non-hydrogen) atoms. The van der Waals surface area contributed by atoms with E-state index in [1.54, 1.807) is 5.38 Å². The van der Waals surface area contributed by atoms with Gasteiger partial charge in [-0.15, -0.1) is 11.3 Å². The molecule has 1 aromatic heterocycles. The molecule has 100 valence electrons. The minimum Gasteiger partial charge on any atom is -0.381 e. The van der Waals surface area contributed by atoms with Crippen molar-refractivity contribution in [3.8, 4) is 0 Å². The van der Waals surface area contributed by atoms with E-state index in [0.717, 1.165) is 31.1 Å². The molecule has 0 spiro atoms. The summed E-state index contributed by atoms with van der Waals surface area (Å²) >= 11 is 1.42. The number of ether oxygens (including phenoxy) is 1. The second kappa shape index (κ2) is 6.26. The summed E-state index contributed by atoms with van der Waals surface area (Å²) in [7, 11) is 0. The SMILES string of the molecule is CC(NC(=O)c1csc(CN)n1)C1CCOCC1. The fourth-order valence-corrected chi connectivity index (χ4v) is 2.78. The van der Waals surface area contributed by atoms with Crippen LogP contribution in [0.5, 0.6) is 0 Å². The van der Waals surface area contributed by atoms with Gasteiger partial charge in [0.05, 0.1) is 0 Å². The minimum absolute atomic E-state index is 0.107. The van der Waals surface area contributed by atoms with Gasteiger partial charge < -0.3 is 15.8 Å². The Balaban J connectivity index is 1.89. The highest BCUT2D eigenvalue weighted by atomic mass is 32.1. The molecule has 1 saturated heterocycles. The molecule has 1 fully saturated rings. The summed E-state index contributed by atoms with van der Waals surface area (Å²) in [4.78, 5) is 16.2. The molecule has 1 unspecified atom stereocenters. The summed E-state index contributed by atoms with van der Waals surface area (Å²) in [6.45, 7) is 4.01. The number of nitrogens with zero attached hydrogens (tertiary/aromatic N) is 1. The van der Waals surface area contributed by atoms with E-state index in [-0.39, 0.29) is 11.9 Å². The predicted molar refractivity (Wildman–Crippen MR) is 70.5 cm³/mol. The molecule has 2 rings (SSSR count). The van der Waals surface area contributed by atoms with Crippen molar-refractivity contribution in [1.82, 2.24) is 10.3 Å². The van der Waals surface area contributed by atoms with Crippen molar-refractivity contribution in [2.24, 2.45) is 11.7 Å². The monoisotopic (exact) mass is 269 g/mol. The first kappa shape index (κ1) is 13.5. The van der Waals surface area contributed by atoms with Crippen molar-refractivity contribution in [2.75, 3.05) is 13.2 Å². The van der Waals surface area contributed by atoms with Crippen molar-refractivity contribution in [1.29, 1.82) is 0 Å². The Morgan fingerprint density at radius 3 is 3.00 bits per heavy atom. The highest BCUT2D eigenvalue weighted by Crippen LogP contribution is 2.19. The second-order valence-corrected chi connectivity index (χ2v) is 5.49. The van der Waals surface area contributed by atoms with E-state index in [1.807, 2.05) is 6.92 Å². The summed E-state index contributed by atoms with van der Waals surface area (Å²) in [6.07, 6.45) is 2.01. The summed E-state index contributed by atoms with van der Waals surface area (Å²) in [6, 6.07) is 0.157. The van der Waals surface area contributed by atoms with Gasteiger partial charge in [-0.1, -0.05) is 0 Å². The van der Waals surface area contributed by atoms with Crippen molar-refractivity contribution >= 4 is 17.2 Å². The molecule has 0 saturated carbocycles. The maximum atomic E-state index is 12.0. The number of nitrogens with two attached hydrogens (primary N) is 1. The molecule has 2 heterocycles. The van der Waals surface area contributed by atoms with E-state index in [1.165, 1.54) is 11.3 Å². The van der Waals surface area contributed by atoms with Crippen molar-refractivity contribution in [2.45, 2.75) is 32.4 Å². The molecule has 0 radical (unpaired) electrons. The molecule has 1 amide bonds. The third kappa shape index (κ3) is 3.28. The number of thiazole rings is 1. The van der Waals surface area contributed by atoms with Gasteiger partial charge in [0.2, 0.25) is 0 Å². The van der Waals surface area contributed by atoms with Crippen LogP contribution in [-0.2, 0) is 11.3 Å². The Kier molecular flexibility index (Phi) is 4.68. The Morgan fingerprint density at radius 2 is 2.39 bits per heavy atom. The van der Waals surface area contributed by atoms with E-state index >= 15 is 0 Å². The first-order valence-electron chi connectivity index (χ1n) is 6.23. The lowest BCUT2D eigenvalue weighted by molar-refractivity contribution is 0.0537. The van der Waals surface area contributed by atoms with Gasteiger partial charge in [0.25, 0.3) is 5.91 Å². The number of carbonyl (C=O) groups is 1. The fourth-order valence-electron chi connectivity index (χ4n) is 2.12. The molecular formula is C12H19N3O2S. The lowest BCUT2D eigenvalue weighted by atomic mass is 9.93. The highest BCUT2D eigenvalue weighted by molar-refractivity contribution is 7.09. The van der Waals surface area contributed by atoms with Crippen molar-refractivity contribution in [3.63, 3.8) is 0 Å². The summed E-state index contributed by atoms with van der Waals surface area (Å²) < 4.78 is 5.32. The molecule has 6 heteroatoms. The number of amides is 1. The first-order valence-corrected chi connectivity index (χ1v) is 7.11. The van der Waals surface area contributed by atoms with Crippen LogP contribution in [0.15, 0.2) is 5.38 Å². The number of hydrogen-bond donors (Lipinski definition) is 2. The maximum Gasteiger partial charge on any atom is 0.270 e. The van der Waals surface area contributed by atoms with Gasteiger partial charge in [-0.25, -0.2) is 4.98 Å². The molecule has 3 N–H and O–H groups in total. The zero-order valence-corrected chi connectivity index (χ0v) is 11.3. The smallest absolute Gasteiger partial charge is 0.270 e. The first-order chi connectivity index (χ1) is 8.70. The molecule has 1 aromatic rings. The Labute approximate surface area is 111 Å². The number of nitrogens with one attached hydrogen (secondary N) is 1. The zero-order valence-electron chi connectivity index (χ0n) is 10.5. The second-order valence-electron chi connectivity index (χ2n) is 4.54. The van der Waals surface area contributed by atoms with Gasteiger partial charge in [-0.2, -0.15) is 0 Å². The Bertz CT molecular complexity index is 402. The van der Waals surface area contributed by atoms with Gasteiger partial charge >= 0.3 is 0 Å². The number of hydrogen-bond acceptors (Lipinski definition) is 5. The van der Waals surface area contributed by atoms with Crippen LogP contribution in [0.2, 0.25) is 0 Å². The third-order valence-corrected chi connectivity index (χ3v) is 4.16. The van der Waals surface area contributed by atoms with E-state index in [4.69, 9.17) is 10.5 Å². The molecule has 1 aliphatic rings. The predicted octanol–water partition coefficient (Wildman–Crippen LogP) is 1.15. The number of rotatable bonds is 4. The van der Waals surface area contributed by atoms with Gasteiger partial charge in [0.15, 0.2) is 0 Å². The molecule has 1 atom stereocenters. The Morgan fingerprint density at radius 1 is 1.67 bits per heavy atom. The van der Waals surface area contributed by atoms with E-state index in [9.17, 15) is 4.79 Å². The van der Waals surface area contributed by atoms with Crippen LogP contribution in [0.25, 0.3) is 0 Å². The lowest BCUT2D eigenvalue weighted by Gasteiger charge is -2.28. The van der Waals surface area contributed by atoms with Gasteiger partial charge in [0.1, 0.15) is 10.7 Å². The van der Waals surface area contributed by atoms with E-state index in [0.29, 0.717) is 18.2 Å². The maximum absolute atomic E-state index is 12.0. The van der Waals surface area contributed by atoms with Crippen LogP contribution in [0.1, 0.15) is 35.3 Å². The van der Waals surface area contributed by atoms with Crippen LogP contribution < -0.4 is 11.1 Å². The summed E-state index contributed by atoms with van der Waals surface area (Å²) in [5, 5.41) is 5.56. The lowest BCUT2D eigenvalue weighted by Crippen LogP contribution is -2.40. The molecule has 0 aliphatic carbocycles. The number of aromatic nitrogens is 1. The molecule has 0 bridgehead atoms.